The minimum Gasteiger partial charge on any atom is -0.462 e. The summed E-state index contributed by atoms with van der Waals surface area (Å²) in [6.07, 6.45) is 0.682. The lowest BCUT2D eigenvalue weighted by atomic mass is 10.0. The molecule has 0 fully saturated rings. The number of sulfonamides is 1. The molecule has 8 nitrogen and oxygen atoms in total. The van der Waals surface area contributed by atoms with Gasteiger partial charge in [0.15, 0.2) is 0 Å². The van der Waals surface area contributed by atoms with Gasteiger partial charge in [0.1, 0.15) is 20.9 Å². The van der Waals surface area contributed by atoms with Crippen molar-refractivity contribution in [3.63, 3.8) is 0 Å². The minimum atomic E-state index is -3.96. The Balaban J connectivity index is 1.77. The SMILES string of the molecule is CCOC(=O)c1c(NS(=O)(=O)c2cccc3nsnc23)sc2c1CCN(CC)C2. The van der Waals surface area contributed by atoms with Gasteiger partial charge in [-0.3, -0.25) is 9.62 Å². The number of likely N-dealkylation sites (N-methyl/N-ethyl adjacent to an activating group) is 1. The number of fused-ring (bicyclic) bond motifs is 2. The second-order valence-electron chi connectivity index (χ2n) is 6.54. The molecule has 0 atom stereocenters. The van der Waals surface area contributed by atoms with Gasteiger partial charge >= 0.3 is 5.97 Å². The summed E-state index contributed by atoms with van der Waals surface area (Å²) in [5.74, 6) is -0.499. The zero-order chi connectivity index (χ0) is 20.6. The zero-order valence-corrected chi connectivity index (χ0v) is 18.4. The average Bonchev–Trinajstić information content (AvgIpc) is 3.30. The smallest absolute Gasteiger partial charge is 0.341 e. The van der Waals surface area contributed by atoms with Crippen molar-refractivity contribution < 1.29 is 17.9 Å². The number of hydrogen-bond acceptors (Lipinski definition) is 9. The quantitative estimate of drug-likeness (QED) is 0.573. The number of ether oxygens (including phenoxy) is 1. The number of benzene rings is 1. The maximum Gasteiger partial charge on any atom is 0.341 e. The summed E-state index contributed by atoms with van der Waals surface area (Å²) in [7, 11) is -3.96. The second-order valence-corrected chi connectivity index (χ2v) is 9.83. The third kappa shape index (κ3) is 3.75. The van der Waals surface area contributed by atoms with Crippen molar-refractivity contribution in [1.29, 1.82) is 0 Å². The van der Waals surface area contributed by atoms with E-state index in [4.69, 9.17) is 4.74 Å². The minimum absolute atomic E-state index is 0.0418. The van der Waals surface area contributed by atoms with Gasteiger partial charge in [-0.05, 0) is 37.6 Å². The first-order chi connectivity index (χ1) is 13.9. The van der Waals surface area contributed by atoms with Crippen LogP contribution in [0.3, 0.4) is 0 Å². The van der Waals surface area contributed by atoms with E-state index in [0.717, 1.165) is 35.3 Å². The lowest BCUT2D eigenvalue weighted by molar-refractivity contribution is 0.0526. The molecule has 1 N–H and O–H groups in total. The maximum absolute atomic E-state index is 13.1. The van der Waals surface area contributed by atoms with Crippen LogP contribution in [0.2, 0.25) is 0 Å². The van der Waals surface area contributed by atoms with E-state index >= 15 is 0 Å². The normalized spacial score (nSPS) is 14.7. The maximum atomic E-state index is 13.1. The van der Waals surface area contributed by atoms with Gasteiger partial charge < -0.3 is 4.74 Å². The molecule has 0 saturated carbocycles. The summed E-state index contributed by atoms with van der Waals surface area (Å²) in [4.78, 5) is 16.0. The third-order valence-corrected chi connectivity index (χ3v) is 8.01. The lowest BCUT2D eigenvalue weighted by Gasteiger charge is -2.25. The summed E-state index contributed by atoms with van der Waals surface area (Å²) < 4.78 is 42.4. The zero-order valence-electron chi connectivity index (χ0n) is 16.0. The first kappa shape index (κ1) is 20.2. The Hall–Kier alpha value is -2.08. The predicted octanol–water partition coefficient (Wildman–Crippen LogP) is 3.11. The van der Waals surface area contributed by atoms with Gasteiger partial charge in [-0.2, -0.15) is 8.75 Å². The average molecular weight is 453 g/mol. The molecule has 0 radical (unpaired) electrons. The van der Waals surface area contributed by atoms with Crippen LogP contribution in [0.5, 0.6) is 0 Å². The van der Waals surface area contributed by atoms with Gasteiger partial charge in [0, 0.05) is 18.0 Å². The van der Waals surface area contributed by atoms with Crippen molar-refractivity contribution in [3.8, 4) is 0 Å². The number of carbonyl (C=O) groups excluding carboxylic acids is 1. The molecule has 154 valence electrons. The standard InChI is InChI=1S/C18H20N4O4S3/c1-3-22-9-8-11-13(10-22)27-17(15(11)18(23)26-4-2)21-29(24,25)14-7-5-6-12-16(14)20-28-19-12/h5-7,21H,3-4,8-10H2,1-2H3. The number of carbonyl (C=O) groups is 1. The number of nitrogens with one attached hydrogen (secondary N) is 1. The summed E-state index contributed by atoms with van der Waals surface area (Å²) in [5, 5.41) is 0.298. The molecular weight excluding hydrogens is 432 g/mol. The molecule has 2 aromatic heterocycles. The molecule has 1 aromatic carbocycles. The van der Waals surface area contributed by atoms with Crippen LogP contribution in [-0.2, 0) is 27.7 Å². The van der Waals surface area contributed by atoms with Crippen LogP contribution in [0.1, 0.15) is 34.6 Å². The summed E-state index contributed by atoms with van der Waals surface area (Å²) in [6.45, 7) is 6.44. The van der Waals surface area contributed by atoms with Crippen molar-refractivity contribution >= 4 is 55.1 Å². The largest absolute Gasteiger partial charge is 0.462 e. The second kappa shape index (κ2) is 7.98. The topological polar surface area (TPSA) is 101 Å². The van der Waals surface area contributed by atoms with Gasteiger partial charge in [-0.1, -0.05) is 13.0 Å². The van der Waals surface area contributed by atoms with E-state index in [1.807, 2.05) is 0 Å². The Morgan fingerprint density at radius 3 is 2.90 bits per heavy atom. The molecule has 1 aliphatic heterocycles. The van der Waals surface area contributed by atoms with Crippen LogP contribution in [0.15, 0.2) is 23.1 Å². The van der Waals surface area contributed by atoms with E-state index < -0.39 is 16.0 Å². The van der Waals surface area contributed by atoms with Crippen molar-refractivity contribution in [1.82, 2.24) is 13.6 Å². The number of thiophene rings is 1. The molecule has 11 heteroatoms. The highest BCUT2D eigenvalue weighted by Gasteiger charge is 2.31. The molecule has 29 heavy (non-hydrogen) atoms. The molecule has 3 heterocycles. The van der Waals surface area contributed by atoms with E-state index in [1.165, 1.54) is 17.4 Å². The van der Waals surface area contributed by atoms with E-state index in [9.17, 15) is 13.2 Å². The molecular formula is C18H20N4O4S3. The first-order valence-corrected chi connectivity index (χ1v) is 12.3. The fourth-order valence-corrected chi connectivity index (χ4v) is 6.74. The highest BCUT2D eigenvalue weighted by atomic mass is 32.2. The Bertz CT molecular complexity index is 1170. The highest BCUT2D eigenvalue weighted by molar-refractivity contribution is 7.93. The molecule has 4 rings (SSSR count). The third-order valence-electron chi connectivity index (χ3n) is 4.83. The first-order valence-electron chi connectivity index (χ1n) is 9.22. The number of rotatable bonds is 6. The van der Waals surface area contributed by atoms with Crippen LogP contribution in [0.25, 0.3) is 11.0 Å². The summed E-state index contributed by atoms with van der Waals surface area (Å²) in [6, 6.07) is 4.83. The Morgan fingerprint density at radius 2 is 2.14 bits per heavy atom. The summed E-state index contributed by atoms with van der Waals surface area (Å²) >= 11 is 2.26. The van der Waals surface area contributed by atoms with Crippen LogP contribution >= 0.6 is 23.1 Å². The predicted molar refractivity (Wildman–Crippen MR) is 113 cm³/mol. The van der Waals surface area contributed by atoms with Crippen molar-refractivity contribution in [2.45, 2.75) is 31.7 Å². The fraction of sp³-hybridized carbons (Fsp3) is 0.389. The number of aromatic nitrogens is 2. The van der Waals surface area contributed by atoms with Crippen LogP contribution < -0.4 is 4.72 Å². The Labute approximate surface area is 176 Å². The van der Waals surface area contributed by atoms with E-state index in [1.54, 1.807) is 19.1 Å². The van der Waals surface area contributed by atoms with Crippen molar-refractivity contribution in [3.05, 3.63) is 34.2 Å². The van der Waals surface area contributed by atoms with Crippen LogP contribution in [0, 0.1) is 0 Å². The van der Waals surface area contributed by atoms with Gasteiger partial charge in [-0.25, -0.2) is 13.2 Å². The molecule has 0 saturated heterocycles. The van der Waals surface area contributed by atoms with Gasteiger partial charge in [0.05, 0.1) is 23.9 Å². The number of nitrogens with zero attached hydrogens (tertiary/aromatic N) is 3. The molecule has 0 amide bonds. The van der Waals surface area contributed by atoms with Gasteiger partial charge in [0.25, 0.3) is 10.0 Å². The van der Waals surface area contributed by atoms with Gasteiger partial charge in [0.2, 0.25) is 0 Å². The monoisotopic (exact) mass is 452 g/mol. The molecule has 1 aliphatic rings. The van der Waals surface area contributed by atoms with E-state index in [-0.39, 0.29) is 11.5 Å². The fourth-order valence-electron chi connectivity index (χ4n) is 3.39. The number of esters is 1. The molecule has 0 bridgehead atoms. The molecule has 0 spiro atoms. The van der Waals surface area contributed by atoms with Crippen molar-refractivity contribution in [2.24, 2.45) is 0 Å². The number of hydrogen-bond donors (Lipinski definition) is 1. The van der Waals surface area contributed by atoms with E-state index in [2.05, 4.69) is 25.3 Å². The van der Waals surface area contributed by atoms with Crippen LogP contribution in [0.4, 0.5) is 5.00 Å². The highest BCUT2D eigenvalue weighted by Crippen LogP contribution is 2.39. The summed E-state index contributed by atoms with van der Waals surface area (Å²) in [5.41, 5.74) is 2.05. The molecule has 0 unspecified atom stereocenters. The van der Waals surface area contributed by atoms with Gasteiger partial charge in [-0.15, -0.1) is 11.3 Å². The van der Waals surface area contributed by atoms with E-state index in [0.29, 0.717) is 34.6 Å². The lowest BCUT2D eigenvalue weighted by Crippen LogP contribution is -2.30. The molecule has 3 aromatic rings. The Morgan fingerprint density at radius 1 is 1.31 bits per heavy atom. The Kier molecular flexibility index (Phi) is 5.56. The van der Waals surface area contributed by atoms with Crippen molar-refractivity contribution in [2.75, 3.05) is 24.4 Å². The number of anilines is 1. The van der Waals surface area contributed by atoms with Crippen LogP contribution in [-0.4, -0.2) is 47.7 Å². The molecule has 0 aliphatic carbocycles.